The van der Waals surface area contributed by atoms with E-state index in [1.807, 2.05) is 0 Å². The van der Waals surface area contributed by atoms with Crippen LogP contribution in [0.1, 0.15) is 185 Å². The Hall–Kier alpha value is -2.18. The van der Waals surface area contributed by atoms with Gasteiger partial charge in [0.2, 0.25) is 0 Å². The Morgan fingerprint density at radius 1 is 0.583 bits per heavy atom. The van der Waals surface area contributed by atoms with Gasteiger partial charge in [0.1, 0.15) is 11.5 Å². The molecule has 6 nitrogen and oxygen atoms in total. The fraction of sp³-hybridized carbons (Fsp3) is 0.815. The van der Waals surface area contributed by atoms with Gasteiger partial charge in [-0.15, -0.1) is 0 Å². The molecule has 336 valence electrons. The Balaban J connectivity index is 0.000000181. The molecule has 4 saturated carbocycles. The summed E-state index contributed by atoms with van der Waals surface area (Å²) in [5.41, 5.74) is 5.86. The molecule has 0 spiro atoms. The van der Waals surface area contributed by atoms with Gasteiger partial charge in [0.05, 0.1) is 24.0 Å². The molecule has 2 heterocycles. The first kappa shape index (κ1) is 45.8. The van der Waals surface area contributed by atoms with Crippen molar-refractivity contribution in [1.82, 2.24) is 0 Å². The third-order valence-corrected chi connectivity index (χ3v) is 19.6. The number of hydrogen-bond donors (Lipinski definition) is 2. The van der Waals surface area contributed by atoms with E-state index in [1.165, 1.54) is 60.8 Å². The second-order valence-corrected chi connectivity index (χ2v) is 23.5. The number of aliphatic hydroxyl groups is 2. The van der Waals surface area contributed by atoms with Crippen LogP contribution in [-0.4, -0.2) is 34.4 Å². The molecule has 0 amide bonds. The molecule has 0 radical (unpaired) electrons. The monoisotopic (exact) mass is 829 g/mol. The van der Waals surface area contributed by atoms with Gasteiger partial charge in [-0.05, 0) is 178 Å². The molecule has 2 aliphatic heterocycles. The van der Waals surface area contributed by atoms with Crippen molar-refractivity contribution >= 4 is 11.9 Å². The molecule has 6 heteroatoms. The van der Waals surface area contributed by atoms with Crippen LogP contribution >= 0.6 is 0 Å². The lowest BCUT2D eigenvalue weighted by molar-refractivity contribution is -0.170. The SMILES string of the molecule is C=C(CCC(C)C1CCC2=C3OC(=O)C4CC(O)CCC4(C)C3CCC21C)C(C)C.C=C(CCC(C)C1CCC2C3=C(CCC21C)C1(C)CCC(O)CC1C(=O)O3)C(C)C. The lowest BCUT2D eigenvalue weighted by Crippen LogP contribution is -2.52. The zero-order valence-electron chi connectivity index (χ0n) is 39.6. The summed E-state index contributed by atoms with van der Waals surface area (Å²) in [5, 5.41) is 20.3. The first-order chi connectivity index (χ1) is 28.2. The number of allylic oxidation sites excluding steroid dienone is 6. The molecule has 8 aliphatic rings. The molecule has 0 aromatic heterocycles. The molecule has 14 unspecified atom stereocenters. The number of fused-ring (bicyclic) bond motifs is 8. The van der Waals surface area contributed by atoms with Gasteiger partial charge in [0.15, 0.2) is 0 Å². The van der Waals surface area contributed by atoms with Crippen LogP contribution in [0, 0.1) is 80.8 Å². The number of hydrogen-bond acceptors (Lipinski definition) is 6. The highest BCUT2D eigenvalue weighted by Gasteiger charge is 2.61. The molecule has 0 aromatic rings. The summed E-state index contributed by atoms with van der Waals surface area (Å²) in [5.74, 6) is 6.18. The molecule has 5 fully saturated rings. The highest BCUT2D eigenvalue weighted by Crippen LogP contribution is 2.66. The van der Waals surface area contributed by atoms with E-state index in [4.69, 9.17) is 9.47 Å². The standard InChI is InChI=1S/2C27H42O3/c2*1-16(2)17(3)7-8-18(4)20-9-10-21-24-22(12-14-26(20,21)5)27(6)13-11-19(28)15-23(27)25(29)30-24/h16,18-20,22-23,28H,3,7-15H2,1-2,4-6H3;16,18-21,23,28H,3,7-15H2,1-2,4-6H3. The minimum atomic E-state index is -0.357. The summed E-state index contributed by atoms with van der Waals surface area (Å²) in [6.45, 7) is 31.9. The normalized spacial score (nSPS) is 41.8. The van der Waals surface area contributed by atoms with Crippen molar-refractivity contribution in [2.24, 2.45) is 80.8 Å². The van der Waals surface area contributed by atoms with E-state index >= 15 is 0 Å². The second-order valence-electron chi connectivity index (χ2n) is 23.5. The van der Waals surface area contributed by atoms with Gasteiger partial charge in [-0.25, -0.2) is 0 Å². The molecule has 0 bridgehead atoms. The van der Waals surface area contributed by atoms with E-state index in [0.717, 1.165) is 75.7 Å². The maximum atomic E-state index is 13.0. The van der Waals surface area contributed by atoms with Crippen molar-refractivity contribution in [1.29, 1.82) is 0 Å². The number of carbonyl (C=O) groups is 2. The Bertz CT molecular complexity index is 1750. The molecule has 2 N–H and O–H groups in total. The highest BCUT2D eigenvalue weighted by atomic mass is 16.5. The van der Waals surface area contributed by atoms with Crippen LogP contribution in [0.4, 0.5) is 0 Å². The predicted molar refractivity (Wildman–Crippen MR) is 241 cm³/mol. The van der Waals surface area contributed by atoms with E-state index in [9.17, 15) is 19.8 Å². The van der Waals surface area contributed by atoms with Crippen molar-refractivity contribution in [3.63, 3.8) is 0 Å². The number of carbonyl (C=O) groups excluding carboxylic acids is 2. The van der Waals surface area contributed by atoms with Gasteiger partial charge in [0, 0.05) is 17.3 Å². The van der Waals surface area contributed by atoms with Gasteiger partial charge < -0.3 is 19.7 Å². The fourth-order valence-corrected chi connectivity index (χ4v) is 15.0. The third-order valence-electron chi connectivity index (χ3n) is 19.6. The highest BCUT2D eigenvalue weighted by molar-refractivity contribution is 5.78. The van der Waals surface area contributed by atoms with E-state index in [2.05, 4.69) is 82.4 Å². The van der Waals surface area contributed by atoms with Crippen LogP contribution in [0.5, 0.6) is 0 Å². The molecule has 14 atom stereocenters. The quantitative estimate of drug-likeness (QED) is 0.168. The van der Waals surface area contributed by atoms with Crippen molar-refractivity contribution in [2.75, 3.05) is 0 Å². The topological polar surface area (TPSA) is 93.1 Å². The van der Waals surface area contributed by atoms with Gasteiger partial charge in [-0.2, -0.15) is 0 Å². The molecule has 1 saturated heterocycles. The second kappa shape index (κ2) is 17.1. The Morgan fingerprint density at radius 3 is 1.68 bits per heavy atom. The Morgan fingerprint density at radius 2 is 1.08 bits per heavy atom. The van der Waals surface area contributed by atoms with Crippen LogP contribution in [-0.2, 0) is 19.1 Å². The van der Waals surface area contributed by atoms with Crippen molar-refractivity contribution < 1.29 is 29.3 Å². The number of esters is 2. The predicted octanol–water partition coefficient (Wildman–Crippen LogP) is 12.8. The number of ether oxygens (including phenoxy) is 2. The van der Waals surface area contributed by atoms with E-state index in [0.29, 0.717) is 60.2 Å². The first-order valence-electron chi connectivity index (χ1n) is 24.8. The van der Waals surface area contributed by atoms with Crippen LogP contribution in [0.3, 0.4) is 0 Å². The van der Waals surface area contributed by atoms with Gasteiger partial charge >= 0.3 is 11.9 Å². The lowest BCUT2D eigenvalue weighted by atomic mass is 9.53. The van der Waals surface area contributed by atoms with Crippen molar-refractivity contribution in [3.8, 4) is 0 Å². The smallest absolute Gasteiger partial charge is 0.315 e. The van der Waals surface area contributed by atoms with Gasteiger partial charge in [0.25, 0.3) is 0 Å². The number of rotatable bonds is 10. The Labute approximate surface area is 364 Å². The van der Waals surface area contributed by atoms with Crippen LogP contribution in [0.2, 0.25) is 0 Å². The molecule has 8 rings (SSSR count). The Kier molecular flexibility index (Phi) is 13.0. The summed E-state index contributed by atoms with van der Waals surface area (Å²) < 4.78 is 12.3. The lowest BCUT2D eigenvalue weighted by Gasteiger charge is -2.54. The minimum Gasteiger partial charge on any atom is -0.431 e. The fourth-order valence-electron chi connectivity index (χ4n) is 15.0. The molecular formula is C54H84O6. The molecular weight excluding hydrogens is 745 g/mol. The summed E-state index contributed by atoms with van der Waals surface area (Å²) in [4.78, 5) is 26.0. The summed E-state index contributed by atoms with van der Waals surface area (Å²) in [7, 11) is 0. The molecule has 0 aromatic carbocycles. The first-order valence-corrected chi connectivity index (χ1v) is 24.8. The van der Waals surface area contributed by atoms with Gasteiger partial charge in [-0.1, -0.05) is 93.5 Å². The van der Waals surface area contributed by atoms with Crippen molar-refractivity contribution in [2.45, 2.75) is 197 Å². The largest absolute Gasteiger partial charge is 0.431 e. The molecule has 6 aliphatic carbocycles. The van der Waals surface area contributed by atoms with E-state index in [-0.39, 0.29) is 57.6 Å². The van der Waals surface area contributed by atoms with Crippen LogP contribution in [0.25, 0.3) is 0 Å². The number of aliphatic hydroxyl groups excluding tert-OH is 2. The average molecular weight is 829 g/mol. The average Bonchev–Trinajstić information content (AvgIpc) is 3.74. The molecule has 60 heavy (non-hydrogen) atoms. The maximum absolute atomic E-state index is 13.0. The minimum absolute atomic E-state index is 0.0447. The van der Waals surface area contributed by atoms with E-state index < -0.39 is 0 Å². The maximum Gasteiger partial charge on any atom is 0.315 e. The summed E-state index contributed by atoms with van der Waals surface area (Å²) in [6.07, 6.45) is 17.8. The van der Waals surface area contributed by atoms with E-state index in [1.54, 1.807) is 0 Å². The summed E-state index contributed by atoms with van der Waals surface area (Å²) >= 11 is 0. The summed E-state index contributed by atoms with van der Waals surface area (Å²) in [6, 6.07) is 0. The van der Waals surface area contributed by atoms with Crippen LogP contribution < -0.4 is 0 Å². The van der Waals surface area contributed by atoms with Gasteiger partial charge in [-0.3, -0.25) is 9.59 Å². The zero-order chi connectivity index (χ0) is 43.7. The van der Waals surface area contributed by atoms with Crippen LogP contribution in [0.15, 0.2) is 47.0 Å². The third kappa shape index (κ3) is 7.89. The van der Waals surface area contributed by atoms with Crippen molar-refractivity contribution in [3.05, 3.63) is 47.0 Å². The zero-order valence-corrected chi connectivity index (χ0v) is 39.6.